The van der Waals surface area contributed by atoms with Crippen LogP contribution >= 0.6 is 11.3 Å². The highest BCUT2D eigenvalue weighted by Gasteiger charge is 2.27. The molecule has 5 nitrogen and oxygen atoms in total. The third kappa shape index (κ3) is 2.49. The standard InChI is InChI=1S/C12H19N3O2S/c1-7-4-3-5-15(8(7)2)12-14-9(6-18-12)10(13)11(16)17/h6-8,10H,3-5,13H2,1-2H3,(H,16,17). The molecule has 1 aromatic rings. The van der Waals surface area contributed by atoms with E-state index in [2.05, 4.69) is 23.7 Å². The van der Waals surface area contributed by atoms with Crippen molar-refractivity contribution in [3.8, 4) is 0 Å². The van der Waals surface area contributed by atoms with Gasteiger partial charge < -0.3 is 15.7 Å². The molecule has 6 heteroatoms. The molecule has 0 spiro atoms. The summed E-state index contributed by atoms with van der Waals surface area (Å²) in [5, 5.41) is 11.5. The lowest BCUT2D eigenvalue weighted by atomic mass is 9.93. The summed E-state index contributed by atoms with van der Waals surface area (Å²) in [6.45, 7) is 5.43. The zero-order chi connectivity index (χ0) is 13.3. The minimum absolute atomic E-state index is 0.443. The average molecular weight is 269 g/mol. The van der Waals surface area contributed by atoms with Crippen molar-refractivity contribution in [2.45, 2.75) is 38.8 Å². The Kier molecular flexibility index (Phi) is 3.87. The second-order valence-corrected chi connectivity index (χ2v) is 5.76. The summed E-state index contributed by atoms with van der Waals surface area (Å²) in [6.07, 6.45) is 2.40. The molecule has 0 bridgehead atoms. The van der Waals surface area contributed by atoms with Gasteiger partial charge in [0.25, 0.3) is 0 Å². The van der Waals surface area contributed by atoms with Gasteiger partial charge in [0.2, 0.25) is 0 Å². The quantitative estimate of drug-likeness (QED) is 0.875. The van der Waals surface area contributed by atoms with Gasteiger partial charge in [-0.05, 0) is 25.7 Å². The van der Waals surface area contributed by atoms with E-state index in [9.17, 15) is 4.79 Å². The highest BCUT2D eigenvalue weighted by molar-refractivity contribution is 7.13. The number of carboxylic acid groups (broad SMARTS) is 1. The molecule has 0 aliphatic carbocycles. The summed E-state index contributed by atoms with van der Waals surface area (Å²) in [4.78, 5) is 17.5. The fourth-order valence-corrected chi connectivity index (χ4v) is 3.26. The average Bonchev–Trinajstić information content (AvgIpc) is 2.80. The number of aromatic nitrogens is 1. The first-order chi connectivity index (χ1) is 8.50. The summed E-state index contributed by atoms with van der Waals surface area (Å²) < 4.78 is 0. The third-order valence-electron chi connectivity index (χ3n) is 3.71. The molecule has 100 valence electrons. The highest BCUT2D eigenvalue weighted by atomic mass is 32.1. The molecule has 0 amide bonds. The van der Waals surface area contributed by atoms with E-state index in [-0.39, 0.29) is 0 Å². The van der Waals surface area contributed by atoms with Gasteiger partial charge in [-0.15, -0.1) is 11.3 Å². The number of carbonyl (C=O) groups is 1. The molecule has 2 rings (SSSR count). The second kappa shape index (κ2) is 5.24. The number of carboxylic acids is 1. The van der Waals surface area contributed by atoms with Gasteiger partial charge in [-0.1, -0.05) is 6.92 Å². The Balaban J connectivity index is 2.16. The summed E-state index contributed by atoms with van der Waals surface area (Å²) in [5.74, 6) is -0.397. The molecule has 3 atom stereocenters. The summed E-state index contributed by atoms with van der Waals surface area (Å²) in [5.41, 5.74) is 6.02. The van der Waals surface area contributed by atoms with E-state index < -0.39 is 12.0 Å². The minimum atomic E-state index is -1.04. The van der Waals surface area contributed by atoms with Crippen LogP contribution in [0.2, 0.25) is 0 Å². The lowest BCUT2D eigenvalue weighted by molar-refractivity contribution is -0.138. The zero-order valence-corrected chi connectivity index (χ0v) is 11.5. The van der Waals surface area contributed by atoms with Crippen LogP contribution in [0.25, 0.3) is 0 Å². The number of hydrogen-bond acceptors (Lipinski definition) is 5. The van der Waals surface area contributed by atoms with E-state index in [0.717, 1.165) is 18.1 Å². The number of thiazole rings is 1. The van der Waals surface area contributed by atoms with E-state index in [0.29, 0.717) is 17.7 Å². The van der Waals surface area contributed by atoms with Crippen LogP contribution in [-0.4, -0.2) is 28.6 Å². The van der Waals surface area contributed by atoms with Gasteiger partial charge >= 0.3 is 5.97 Å². The van der Waals surface area contributed by atoms with E-state index >= 15 is 0 Å². The van der Waals surface area contributed by atoms with Crippen LogP contribution in [0.1, 0.15) is 38.4 Å². The molecule has 3 unspecified atom stereocenters. The van der Waals surface area contributed by atoms with Crippen molar-refractivity contribution in [1.82, 2.24) is 4.98 Å². The number of anilines is 1. The number of piperidine rings is 1. The summed E-state index contributed by atoms with van der Waals surface area (Å²) >= 11 is 1.48. The Labute approximate surface area is 111 Å². The lowest BCUT2D eigenvalue weighted by Gasteiger charge is -2.37. The Morgan fingerprint density at radius 1 is 1.67 bits per heavy atom. The van der Waals surface area contributed by atoms with Crippen molar-refractivity contribution >= 4 is 22.4 Å². The topological polar surface area (TPSA) is 79.5 Å². The fourth-order valence-electron chi connectivity index (χ4n) is 2.28. The molecule has 3 N–H and O–H groups in total. The molecule has 2 heterocycles. The van der Waals surface area contributed by atoms with Gasteiger partial charge in [-0.3, -0.25) is 4.79 Å². The Morgan fingerprint density at radius 2 is 2.39 bits per heavy atom. The van der Waals surface area contributed by atoms with Crippen molar-refractivity contribution in [2.75, 3.05) is 11.4 Å². The smallest absolute Gasteiger partial charge is 0.326 e. The van der Waals surface area contributed by atoms with Crippen LogP contribution in [0.3, 0.4) is 0 Å². The number of rotatable bonds is 3. The van der Waals surface area contributed by atoms with Gasteiger partial charge in [0, 0.05) is 18.0 Å². The van der Waals surface area contributed by atoms with Gasteiger partial charge in [0.1, 0.15) is 6.04 Å². The Morgan fingerprint density at radius 3 is 3.06 bits per heavy atom. The number of nitrogens with zero attached hydrogens (tertiary/aromatic N) is 2. The molecule has 1 saturated heterocycles. The van der Waals surface area contributed by atoms with Crippen molar-refractivity contribution in [1.29, 1.82) is 0 Å². The molecule has 0 radical (unpaired) electrons. The second-order valence-electron chi connectivity index (χ2n) is 4.92. The maximum absolute atomic E-state index is 10.8. The first kappa shape index (κ1) is 13.3. The molecule has 0 aromatic carbocycles. The third-order valence-corrected chi connectivity index (χ3v) is 4.61. The summed E-state index contributed by atoms with van der Waals surface area (Å²) in [7, 11) is 0. The minimum Gasteiger partial charge on any atom is -0.480 e. The molecule has 1 aliphatic rings. The van der Waals surface area contributed by atoms with Gasteiger partial charge in [0.15, 0.2) is 5.13 Å². The zero-order valence-electron chi connectivity index (χ0n) is 10.7. The molecule has 1 fully saturated rings. The molecule has 1 aliphatic heterocycles. The maximum atomic E-state index is 10.8. The monoisotopic (exact) mass is 269 g/mol. The van der Waals surface area contributed by atoms with E-state index in [4.69, 9.17) is 10.8 Å². The van der Waals surface area contributed by atoms with Crippen LogP contribution in [0, 0.1) is 5.92 Å². The van der Waals surface area contributed by atoms with Gasteiger partial charge in [-0.2, -0.15) is 0 Å². The van der Waals surface area contributed by atoms with Crippen LogP contribution in [0.15, 0.2) is 5.38 Å². The predicted molar refractivity (Wildman–Crippen MR) is 71.9 cm³/mol. The van der Waals surface area contributed by atoms with Gasteiger partial charge in [-0.25, -0.2) is 4.98 Å². The van der Waals surface area contributed by atoms with Gasteiger partial charge in [0.05, 0.1) is 5.69 Å². The Bertz CT molecular complexity index is 435. The lowest BCUT2D eigenvalue weighted by Crippen LogP contribution is -2.42. The molecule has 18 heavy (non-hydrogen) atoms. The first-order valence-electron chi connectivity index (χ1n) is 6.21. The van der Waals surface area contributed by atoms with Crippen molar-refractivity contribution in [3.05, 3.63) is 11.1 Å². The molecular weight excluding hydrogens is 250 g/mol. The largest absolute Gasteiger partial charge is 0.480 e. The van der Waals surface area contributed by atoms with Crippen molar-refractivity contribution < 1.29 is 9.90 Å². The maximum Gasteiger partial charge on any atom is 0.326 e. The fraction of sp³-hybridized carbons (Fsp3) is 0.667. The summed E-state index contributed by atoms with van der Waals surface area (Å²) in [6, 6.07) is -0.577. The highest BCUT2D eigenvalue weighted by Crippen LogP contribution is 2.31. The van der Waals surface area contributed by atoms with E-state index in [1.165, 1.54) is 17.8 Å². The first-order valence-corrected chi connectivity index (χ1v) is 7.09. The van der Waals surface area contributed by atoms with E-state index in [1.54, 1.807) is 5.38 Å². The number of hydrogen-bond donors (Lipinski definition) is 2. The predicted octanol–water partition coefficient (Wildman–Crippen LogP) is 1.85. The Hall–Kier alpha value is -1.14. The molecular formula is C12H19N3O2S. The normalized spacial score (nSPS) is 26.1. The molecule has 0 saturated carbocycles. The van der Waals surface area contributed by atoms with Crippen LogP contribution < -0.4 is 10.6 Å². The van der Waals surface area contributed by atoms with Crippen LogP contribution in [0.5, 0.6) is 0 Å². The van der Waals surface area contributed by atoms with Crippen molar-refractivity contribution in [3.63, 3.8) is 0 Å². The number of aliphatic carboxylic acids is 1. The molecule has 1 aromatic heterocycles. The number of nitrogens with two attached hydrogens (primary N) is 1. The van der Waals surface area contributed by atoms with Crippen molar-refractivity contribution in [2.24, 2.45) is 11.7 Å². The SMILES string of the molecule is CC1CCCN(c2nc(C(N)C(=O)O)cs2)C1C. The van der Waals surface area contributed by atoms with E-state index in [1.807, 2.05) is 0 Å². The van der Waals surface area contributed by atoms with Crippen LogP contribution in [0.4, 0.5) is 5.13 Å². The van der Waals surface area contributed by atoms with Crippen LogP contribution in [-0.2, 0) is 4.79 Å².